The van der Waals surface area contributed by atoms with Crippen molar-refractivity contribution in [2.75, 3.05) is 0 Å². The third-order valence-corrected chi connectivity index (χ3v) is 3.57. The quantitative estimate of drug-likeness (QED) is 0.672. The van der Waals surface area contributed by atoms with E-state index in [1.807, 2.05) is 0 Å². The molecule has 0 heterocycles. The first-order chi connectivity index (χ1) is 5.68. The fourth-order valence-electron chi connectivity index (χ4n) is 2.36. The molecule has 70 valence electrons. The molecular weight excluding hydrogens is 148 g/mol. The molecule has 0 atom stereocenters. The van der Waals surface area contributed by atoms with Gasteiger partial charge in [0.1, 0.15) is 0 Å². The maximum Gasteiger partial charge on any atom is 0.0650 e. The first-order valence-electron chi connectivity index (χ1n) is 5.40. The van der Waals surface area contributed by atoms with Gasteiger partial charge in [0.2, 0.25) is 0 Å². The molecule has 2 saturated carbocycles. The molecule has 0 aromatic heterocycles. The van der Waals surface area contributed by atoms with Gasteiger partial charge in [-0.2, -0.15) is 0 Å². The Balaban J connectivity index is 1.83. The largest absolute Gasteiger partial charge is 0.390 e. The molecule has 2 rings (SSSR count). The zero-order valence-corrected chi connectivity index (χ0v) is 8.05. The minimum atomic E-state index is -0.256. The van der Waals surface area contributed by atoms with E-state index in [0.29, 0.717) is 0 Å². The first kappa shape index (κ1) is 8.55. The van der Waals surface area contributed by atoms with Crippen molar-refractivity contribution < 1.29 is 5.11 Å². The molecule has 1 N–H and O–H groups in total. The Morgan fingerprint density at radius 2 is 1.75 bits per heavy atom. The minimum absolute atomic E-state index is 0.256. The van der Waals surface area contributed by atoms with Crippen LogP contribution in [0.15, 0.2) is 0 Å². The minimum Gasteiger partial charge on any atom is -0.390 e. The van der Waals surface area contributed by atoms with Gasteiger partial charge in [0.15, 0.2) is 0 Å². The first-order valence-corrected chi connectivity index (χ1v) is 5.40. The second kappa shape index (κ2) is 3.02. The number of rotatable bonds is 2. The topological polar surface area (TPSA) is 20.2 Å². The Hall–Kier alpha value is -0.0400. The van der Waals surface area contributed by atoms with Gasteiger partial charge in [-0.25, -0.2) is 0 Å². The predicted molar refractivity (Wildman–Crippen MR) is 49.9 cm³/mol. The smallest absolute Gasteiger partial charge is 0.0650 e. The monoisotopic (exact) mass is 168 g/mol. The van der Waals surface area contributed by atoms with Crippen LogP contribution >= 0.6 is 0 Å². The van der Waals surface area contributed by atoms with Gasteiger partial charge in [0, 0.05) is 0 Å². The molecule has 0 aromatic rings. The van der Waals surface area contributed by atoms with Gasteiger partial charge in [-0.15, -0.1) is 0 Å². The van der Waals surface area contributed by atoms with E-state index in [1.54, 1.807) is 0 Å². The lowest BCUT2D eigenvalue weighted by atomic mass is 9.77. The van der Waals surface area contributed by atoms with Gasteiger partial charge >= 0.3 is 0 Å². The van der Waals surface area contributed by atoms with E-state index in [0.717, 1.165) is 31.1 Å². The molecule has 1 nitrogen and oxygen atoms in total. The Labute approximate surface area is 75.2 Å². The third kappa shape index (κ3) is 2.01. The van der Waals surface area contributed by atoms with Crippen molar-refractivity contribution in [3.63, 3.8) is 0 Å². The summed E-state index contributed by atoms with van der Waals surface area (Å²) in [6.45, 7) is 2.30. The molecule has 1 heteroatoms. The molecule has 0 saturated heterocycles. The normalized spacial score (nSPS) is 43.0. The van der Waals surface area contributed by atoms with Crippen LogP contribution < -0.4 is 0 Å². The molecule has 0 spiro atoms. The SMILES string of the molecule is CC1CCC(O)(CC2CC2)CC1. The maximum atomic E-state index is 10.2. The second-order valence-electron chi connectivity index (χ2n) is 5.05. The van der Waals surface area contributed by atoms with Crippen molar-refractivity contribution >= 4 is 0 Å². The lowest BCUT2D eigenvalue weighted by Gasteiger charge is -2.35. The van der Waals surface area contributed by atoms with E-state index in [4.69, 9.17) is 0 Å². The van der Waals surface area contributed by atoms with Crippen LogP contribution in [0.4, 0.5) is 0 Å². The lowest BCUT2D eigenvalue weighted by molar-refractivity contribution is -0.0189. The van der Waals surface area contributed by atoms with Crippen LogP contribution in [0.25, 0.3) is 0 Å². The summed E-state index contributed by atoms with van der Waals surface area (Å²) in [5.74, 6) is 1.73. The van der Waals surface area contributed by atoms with Crippen LogP contribution in [-0.2, 0) is 0 Å². The summed E-state index contributed by atoms with van der Waals surface area (Å²) in [5.41, 5.74) is -0.256. The summed E-state index contributed by atoms with van der Waals surface area (Å²) >= 11 is 0. The average molecular weight is 168 g/mol. The zero-order chi connectivity index (χ0) is 8.60. The van der Waals surface area contributed by atoms with Crippen molar-refractivity contribution in [1.29, 1.82) is 0 Å². The zero-order valence-electron chi connectivity index (χ0n) is 8.05. The highest BCUT2D eigenvalue weighted by molar-refractivity contribution is 4.90. The molecule has 2 aliphatic rings. The number of hydrogen-bond acceptors (Lipinski definition) is 1. The van der Waals surface area contributed by atoms with Gasteiger partial charge < -0.3 is 5.11 Å². The van der Waals surface area contributed by atoms with Crippen LogP contribution in [-0.4, -0.2) is 10.7 Å². The summed E-state index contributed by atoms with van der Waals surface area (Å²) in [6, 6.07) is 0. The summed E-state index contributed by atoms with van der Waals surface area (Å²) in [7, 11) is 0. The van der Waals surface area contributed by atoms with E-state index in [9.17, 15) is 5.11 Å². The standard InChI is InChI=1S/C11H20O/c1-9-4-6-11(12,7-5-9)8-10-2-3-10/h9-10,12H,2-8H2,1H3. The van der Waals surface area contributed by atoms with Gasteiger partial charge in [-0.3, -0.25) is 0 Å². The maximum absolute atomic E-state index is 10.2. The second-order valence-corrected chi connectivity index (χ2v) is 5.05. The van der Waals surface area contributed by atoms with Crippen LogP contribution in [0.1, 0.15) is 51.9 Å². The van der Waals surface area contributed by atoms with Crippen LogP contribution in [0.5, 0.6) is 0 Å². The molecule has 0 aromatic carbocycles. The van der Waals surface area contributed by atoms with Gasteiger partial charge in [0.25, 0.3) is 0 Å². The van der Waals surface area contributed by atoms with E-state index in [-0.39, 0.29) is 5.60 Å². The number of hydrogen-bond donors (Lipinski definition) is 1. The van der Waals surface area contributed by atoms with E-state index in [1.165, 1.54) is 25.7 Å². The van der Waals surface area contributed by atoms with Crippen molar-refractivity contribution in [1.82, 2.24) is 0 Å². The van der Waals surface area contributed by atoms with Crippen molar-refractivity contribution in [2.24, 2.45) is 11.8 Å². The highest BCUT2D eigenvalue weighted by Crippen LogP contribution is 2.43. The Kier molecular flexibility index (Phi) is 2.16. The summed E-state index contributed by atoms with van der Waals surface area (Å²) < 4.78 is 0. The van der Waals surface area contributed by atoms with E-state index >= 15 is 0 Å². The molecule has 0 radical (unpaired) electrons. The lowest BCUT2D eigenvalue weighted by Crippen LogP contribution is -2.33. The van der Waals surface area contributed by atoms with Crippen molar-refractivity contribution in [3.05, 3.63) is 0 Å². The van der Waals surface area contributed by atoms with Crippen LogP contribution in [0.2, 0.25) is 0 Å². The molecule has 0 aliphatic heterocycles. The Morgan fingerprint density at radius 1 is 1.17 bits per heavy atom. The summed E-state index contributed by atoms with van der Waals surface area (Å²) in [5, 5.41) is 10.2. The molecule has 0 amide bonds. The summed E-state index contributed by atoms with van der Waals surface area (Å²) in [6.07, 6.45) is 8.44. The predicted octanol–water partition coefficient (Wildman–Crippen LogP) is 2.73. The highest BCUT2D eigenvalue weighted by Gasteiger charge is 2.37. The summed E-state index contributed by atoms with van der Waals surface area (Å²) in [4.78, 5) is 0. The third-order valence-electron chi connectivity index (χ3n) is 3.57. The Morgan fingerprint density at radius 3 is 2.25 bits per heavy atom. The molecular formula is C11H20O. The molecule has 0 unspecified atom stereocenters. The molecule has 12 heavy (non-hydrogen) atoms. The van der Waals surface area contributed by atoms with E-state index < -0.39 is 0 Å². The fourth-order valence-corrected chi connectivity index (χ4v) is 2.36. The van der Waals surface area contributed by atoms with E-state index in [2.05, 4.69) is 6.92 Å². The molecule has 2 aliphatic carbocycles. The molecule has 2 fully saturated rings. The molecule has 0 bridgehead atoms. The number of aliphatic hydroxyl groups is 1. The Bertz CT molecular complexity index is 152. The van der Waals surface area contributed by atoms with Crippen molar-refractivity contribution in [3.8, 4) is 0 Å². The van der Waals surface area contributed by atoms with Crippen molar-refractivity contribution in [2.45, 2.75) is 57.5 Å². The fraction of sp³-hybridized carbons (Fsp3) is 1.00. The van der Waals surface area contributed by atoms with Crippen LogP contribution in [0.3, 0.4) is 0 Å². The van der Waals surface area contributed by atoms with Crippen LogP contribution in [0, 0.1) is 11.8 Å². The van der Waals surface area contributed by atoms with Gasteiger partial charge in [0.05, 0.1) is 5.60 Å². The van der Waals surface area contributed by atoms with Gasteiger partial charge in [-0.1, -0.05) is 19.8 Å². The van der Waals surface area contributed by atoms with Gasteiger partial charge in [-0.05, 0) is 43.9 Å². The average Bonchev–Trinajstić information content (AvgIpc) is 2.80. The highest BCUT2D eigenvalue weighted by atomic mass is 16.3.